The van der Waals surface area contributed by atoms with Crippen molar-refractivity contribution in [3.8, 4) is 5.69 Å². The highest BCUT2D eigenvalue weighted by Crippen LogP contribution is 2.35. The van der Waals surface area contributed by atoms with Crippen molar-refractivity contribution in [3.63, 3.8) is 0 Å². The maximum atomic E-state index is 13.6. The van der Waals surface area contributed by atoms with Crippen LogP contribution in [0.5, 0.6) is 0 Å². The molecule has 0 saturated heterocycles. The number of hydrogen-bond acceptors (Lipinski definition) is 4. The standard InChI is InChI=1S/C29H27F3N4O3S/c1-20-13-15-24(16-14-20)35(40(38,39)25-9-5-4-6-10-25)19-28(37)34-33-18-23-17-21(2)36(22(23)3)27-12-8-7-11-26(27)29(30,31)32/h4-18H,19H2,1-3H3,(H,34,37)/b33-18-. The summed E-state index contributed by atoms with van der Waals surface area (Å²) in [5, 5.41) is 3.96. The van der Waals surface area contributed by atoms with Crippen molar-refractivity contribution < 1.29 is 26.4 Å². The lowest BCUT2D eigenvalue weighted by atomic mass is 10.1. The van der Waals surface area contributed by atoms with E-state index in [2.05, 4.69) is 10.5 Å². The summed E-state index contributed by atoms with van der Waals surface area (Å²) in [5.74, 6) is -0.701. The number of halogens is 3. The number of anilines is 1. The summed E-state index contributed by atoms with van der Waals surface area (Å²) < 4.78 is 70.0. The number of nitrogens with zero attached hydrogens (tertiary/aromatic N) is 3. The van der Waals surface area contributed by atoms with E-state index in [0.29, 0.717) is 22.6 Å². The van der Waals surface area contributed by atoms with Gasteiger partial charge < -0.3 is 4.57 Å². The molecular formula is C29H27F3N4O3S. The van der Waals surface area contributed by atoms with E-state index in [-0.39, 0.29) is 10.6 Å². The molecule has 0 aliphatic carbocycles. The van der Waals surface area contributed by atoms with Gasteiger partial charge in [-0.1, -0.05) is 48.0 Å². The third-order valence-electron chi connectivity index (χ3n) is 6.25. The topological polar surface area (TPSA) is 83.8 Å². The first-order valence-corrected chi connectivity index (χ1v) is 13.7. The number of aromatic nitrogens is 1. The van der Waals surface area contributed by atoms with Gasteiger partial charge in [-0.15, -0.1) is 0 Å². The normalized spacial score (nSPS) is 12.1. The molecule has 1 aromatic heterocycles. The molecule has 1 heterocycles. The molecule has 0 aliphatic heterocycles. The molecule has 0 spiro atoms. The lowest BCUT2D eigenvalue weighted by Crippen LogP contribution is -2.39. The molecule has 1 amide bonds. The average Bonchev–Trinajstić information content (AvgIpc) is 3.20. The number of rotatable bonds is 8. The van der Waals surface area contributed by atoms with E-state index < -0.39 is 34.2 Å². The Morgan fingerprint density at radius 2 is 1.57 bits per heavy atom. The molecule has 0 radical (unpaired) electrons. The number of para-hydroxylation sites is 1. The molecule has 40 heavy (non-hydrogen) atoms. The summed E-state index contributed by atoms with van der Waals surface area (Å²) in [5.41, 5.74) is 4.28. The fourth-order valence-corrected chi connectivity index (χ4v) is 5.72. The number of benzene rings is 3. The van der Waals surface area contributed by atoms with Crippen molar-refractivity contribution in [2.45, 2.75) is 31.8 Å². The van der Waals surface area contributed by atoms with Gasteiger partial charge in [0.15, 0.2) is 0 Å². The van der Waals surface area contributed by atoms with Crippen LogP contribution in [-0.4, -0.2) is 31.7 Å². The highest BCUT2D eigenvalue weighted by atomic mass is 32.2. The summed E-state index contributed by atoms with van der Waals surface area (Å²) in [6.07, 6.45) is -3.22. The van der Waals surface area contributed by atoms with E-state index in [1.54, 1.807) is 62.4 Å². The van der Waals surface area contributed by atoms with Crippen molar-refractivity contribution in [2.24, 2.45) is 5.10 Å². The molecule has 208 valence electrons. The first-order chi connectivity index (χ1) is 18.9. The molecule has 0 saturated carbocycles. The van der Waals surface area contributed by atoms with Crippen molar-refractivity contribution in [1.82, 2.24) is 9.99 Å². The van der Waals surface area contributed by atoms with Crippen molar-refractivity contribution in [1.29, 1.82) is 0 Å². The van der Waals surface area contributed by atoms with Gasteiger partial charge in [-0.05, 0) is 63.2 Å². The van der Waals surface area contributed by atoms with Crippen molar-refractivity contribution in [2.75, 3.05) is 10.8 Å². The lowest BCUT2D eigenvalue weighted by Gasteiger charge is -2.23. The fourth-order valence-electron chi connectivity index (χ4n) is 4.28. The second-order valence-corrected chi connectivity index (χ2v) is 11.0. The van der Waals surface area contributed by atoms with Gasteiger partial charge in [0.05, 0.1) is 28.0 Å². The number of carbonyl (C=O) groups is 1. The minimum Gasteiger partial charge on any atom is -0.317 e. The molecule has 4 rings (SSSR count). The van der Waals surface area contributed by atoms with Gasteiger partial charge in [0.1, 0.15) is 6.54 Å². The second kappa shape index (κ2) is 11.4. The number of hydrogen-bond donors (Lipinski definition) is 1. The lowest BCUT2D eigenvalue weighted by molar-refractivity contribution is -0.137. The molecule has 3 aromatic carbocycles. The van der Waals surface area contributed by atoms with Crippen LogP contribution in [0.4, 0.5) is 18.9 Å². The highest BCUT2D eigenvalue weighted by Gasteiger charge is 2.34. The fraction of sp³-hybridized carbons (Fsp3) is 0.172. The molecule has 4 aromatic rings. The van der Waals surface area contributed by atoms with Gasteiger partial charge in [-0.25, -0.2) is 13.8 Å². The maximum Gasteiger partial charge on any atom is 0.418 e. The van der Waals surface area contributed by atoms with Gasteiger partial charge in [0.2, 0.25) is 0 Å². The van der Waals surface area contributed by atoms with Gasteiger partial charge in [-0.3, -0.25) is 9.10 Å². The Morgan fingerprint density at radius 3 is 2.23 bits per heavy atom. The predicted molar refractivity (Wildman–Crippen MR) is 148 cm³/mol. The summed E-state index contributed by atoms with van der Waals surface area (Å²) in [6.45, 7) is 4.63. The Kier molecular flexibility index (Phi) is 8.15. The Morgan fingerprint density at radius 1 is 0.950 bits per heavy atom. The number of hydrazone groups is 1. The molecule has 7 nitrogen and oxygen atoms in total. The zero-order valence-electron chi connectivity index (χ0n) is 22.0. The Bertz CT molecular complexity index is 1650. The number of nitrogens with one attached hydrogen (secondary N) is 1. The van der Waals surface area contributed by atoms with E-state index in [9.17, 15) is 26.4 Å². The third kappa shape index (κ3) is 6.09. The Hall–Kier alpha value is -4.38. The number of sulfonamides is 1. The molecular weight excluding hydrogens is 541 g/mol. The third-order valence-corrected chi connectivity index (χ3v) is 8.04. The smallest absolute Gasteiger partial charge is 0.317 e. The summed E-state index contributed by atoms with van der Waals surface area (Å²) in [7, 11) is -4.07. The van der Waals surface area contributed by atoms with E-state index in [1.807, 2.05) is 6.92 Å². The van der Waals surface area contributed by atoms with Crippen LogP contribution in [0.1, 0.15) is 28.1 Å². The monoisotopic (exact) mass is 568 g/mol. The van der Waals surface area contributed by atoms with Gasteiger partial charge in [0, 0.05) is 17.0 Å². The van der Waals surface area contributed by atoms with E-state index in [0.717, 1.165) is 15.9 Å². The van der Waals surface area contributed by atoms with Crippen molar-refractivity contribution in [3.05, 3.63) is 113 Å². The minimum atomic E-state index is -4.54. The maximum absolute atomic E-state index is 13.6. The van der Waals surface area contributed by atoms with Gasteiger partial charge in [-0.2, -0.15) is 18.3 Å². The highest BCUT2D eigenvalue weighted by molar-refractivity contribution is 7.92. The molecule has 1 N–H and O–H groups in total. The predicted octanol–water partition coefficient (Wildman–Crippen LogP) is 5.77. The van der Waals surface area contributed by atoms with E-state index in [1.165, 1.54) is 41.1 Å². The number of alkyl halides is 3. The van der Waals surface area contributed by atoms with Crippen LogP contribution in [0, 0.1) is 20.8 Å². The number of amides is 1. The van der Waals surface area contributed by atoms with Gasteiger partial charge >= 0.3 is 6.18 Å². The zero-order chi connectivity index (χ0) is 29.1. The van der Waals surface area contributed by atoms with Crippen LogP contribution < -0.4 is 9.73 Å². The van der Waals surface area contributed by atoms with Crippen LogP contribution in [0.2, 0.25) is 0 Å². The summed E-state index contributed by atoms with van der Waals surface area (Å²) in [4.78, 5) is 12.9. The Balaban J connectivity index is 1.57. The SMILES string of the molecule is Cc1ccc(N(CC(=O)N/N=C\c2cc(C)n(-c3ccccc3C(F)(F)F)c2C)S(=O)(=O)c2ccccc2)cc1. The quantitative estimate of drug-likeness (QED) is 0.217. The molecule has 0 aliphatic rings. The second-order valence-electron chi connectivity index (χ2n) is 9.13. The van der Waals surface area contributed by atoms with Crippen LogP contribution in [0.15, 0.2) is 94.9 Å². The van der Waals surface area contributed by atoms with Crippen LogP contribution >= 0.6 is 0 Å². The first kappa shape index (κ1) is 28.6. The molecule has 0 unspecified atom stereocenters. The molecule has 11 heteroatoms. The van der Waals surface area contributed by atoms with Crippen LogP contribution in [-0.2, 0) is 21.0 Å². The number of carbonyl (C=O) groups excluding carboxylic acids is 1. The number of aryl methyl sites for hydroxylation is 2. The zero-order valence-corrected chi connectivity index (χ0v) is 22.8. The Labute approximate surface area is 230 Å². The average molecular weight is 569 g/mol. The van der Waals surface area contributed by atoms with Crippen molar-refractivity contribution >= 4 is 27.8 Å². The summed E-state index contributed by atoms with van der Waals surface area (Å²) in [6, 6.07) is 21.4. The van der Waals surface area contributed by atoms with Crippen LogP contribution in [0.3, 0.4) is 0 Å². The van der Waals surface area contributed by atoms with Crippen LogP contribution in [0.25, 0.3) is 5.69 Å². The summed E-state index contributed by atoms with van der Waals surface area (Å²) >= 11 is 0. The van der Waals surface area contributed by atoms with Gasteiger partial charge in [0.25, 0.3) is 15.9 Å². The largest absolute Gasteiger partial charge is 0.418 e. The minimum absolute atomic E-state index is 0.0199. The molecule has 0 atom stereocenters. The first-order valence-electron chi connectivity index (χ1n) is 12.2. The van der Waals surface area contributed by atoms with E-state index >= 15 is 0 Å². The molecule has 0 fully saturated rings. The van der Waals surface area contributed by atoms with E-state index in [4.69, 9.17) is 0 Å². The molecule has 0 bridgehead atoms.